The minimum atomic E-state index is -0.235. The van der Waals surface area contributed by atoms with Gasteiger partial charge in [-0.1, -0.05) is 35.9 Å². The van der Waals surface area contributed by atoms with Crippen LogP contribution in [0.15, 0.2) is 53.9 Å². The van der Waals surface area contributed by atoms with Crippen molar-refractivity contribution in [2.24, 2.45) is 0 Å². The molecule has 0 aliphatic carbocycles. The number of carbonyl (C=O) groups is 1. The normalized spacial score (nSPS) is 10.9. The first kappa shape index (κ1) is 20.6. The Bertz CT molecular complexity index is 994. The number of amides is 1. The second-order valence-electron chi connectivity index (χ2n) is 6.30. The van der Waals surface area contributed by atoms with E-state index < -0.39 is 0 Å². The van der Waals surface area contributed by atoms with E-state index in [0.717, 1.165) is 16.8 Å². The average Bonchev–Trinajstić information content (AvgIpc) is 3.17. The summed E-state index contributed by atoms with van der Waals surface area (Å²) in [6.45, 7) is 7.00. The molecule has 0 aliphatic rings. The number of aryl methyl sites for hydroxylation is 1. The van der Waals surface area contributed by atoms with E-state index in [1.807, 2.05) is 68.6 Å². The minimum Gasteiger partial charge on any atom is -0.490 e. The molecule has 5 nitrogen and oxygen atoms in total. The monoisotopic (exact) mass is 408 g/mol. The lowest BCUT2D eigenvalue weighted by Crippen LogP contribution is -2.07. The number of carbonyl (C=O) groups excluding carboxylic acids is 1. The van der Waals surface area contributed by atoms with Crippen molar-refractivity contribution in [3.05, 3.63) is 65.0 Å². The molecule has 0 saturated heterocycles. The minimum absolute atomic E-state index is 0.235. The molecule has 1 aromatic heterocycles. The van der Waals surface area contributed by atoms with Crippen molar-refractivity contribution < 1.29 is 14.3 Å². The highest BCUT2D eigenvalue weighted by Gasteiger charge is 2.08. The summed E-state index contributed by atoms with van der Waals surface area (Å²) in [5.41, 5.74) is 3.93. The standard InChI is InChI=1S/C23H24N2O3S/c1-4-27-20-12-8-17(14-21(20)28-5-2)9-13-22(26)25-23-24-19(15-29-23)18-10-6-16(3)7-11-18/h6-15H,4-5H2,1-3H3,(H,24,25,26). The van der Waals surface area contributed by atoms with Crippen LogP contribution in [0, 0.1) is 6.92 Å². The van der Waals surface area contributed by atoms with Crippen LogP contribution in [-0.4, -0.2) is 24.1 Å². The molecule has 29 heavy (non-hydrogen) atoms. The van der Waals surface area contributed by atoms with E-state index in [2.05, 4.69) is 10.3 Å². The third-order valence-electron chi connectivity index (χ3n) is 4.08. The lowest BCUT2D eigenvalue weighted by molar-refractivity contribution is -0.111. The van der Waals surface area contributed by atoms with Gasteiger partial charge in [-0.2, -0.15) is 0 Å². The zero-order chi connectivity index (χ0) is 20.6. The second-order valence-corrected chi connectivity index (χ2v) is 7.16. The Kier molecular flexibility index (Phi) is 7.03. The summed E-state index contributed by atoms with van der Waals surface area (Å²) in [5, 5.41) is 5.31. The number of ether oxygens (including phenoxy) is 2. The van der Waals surface area contributed by atoms with Crippen LogP contribution < -0.4 is 14.8 Å². The zero-order valence-electron chi connectivity index (χ0n) is 16.8. The van der Waals surface area contributed by atoms with Crippen molar-refractivity contribution in [1.82, 2.24) is 4.98 Å². The maximum Gasteiger partial charge on any atom is 0.250 e. The summed E-state index contributed by atoms with van der Waals surface area (Å²) in [4.78, 5) is 16.8. The maximum atomic E-state index is 12.3. The molecule has 0 bridgehead atoms. The fourth-order valence-electron chi connectivity index (χ4n) is 2.68. The number of hydrogen-bond acceptors (Lipinski definition) is 5. The van der Waals surface area contributed by atoms with E-state index >= 15 is 0 Å². The Balaban J connectivity index is 1.65. The van der Waals surface area contributed by atoms with Crippen molar-refractivity contribution in [3.8, 4) is 22.8 Å². The maximum absolute atomic E-state index is 12.3. The molecule has 0 spiro atoms. The summed E-state index contributed by atoms with van der Waals surface area (Å²) < 4.78 is 11.2. The number of nitrogens with one attached hydrogen (secondary N) is 1. The van der Waals surface area contributed by atoms with E-state index in [0.29, 0.717) is 29.8 Å². The molecule has 0 radical (unpaired) electrons. The van der Waals surface area contributed by atoms with E-state index in [1.54, 1.807) is 6.08 Å². The lowest BCUT2D eigenvalue weighted by atomic mass is 10.1. The molecule has 3 aromatic rings. The van der Waals surface area contributed by atoms with E-state index in [-0.39, 0.29) is 5.91 Å². The molecule has 1 N–H and O–H groups in total. The van der Waals surface area contributed by atoms with Crippen LogP contribution in [0.2, 0.25) is 0 Å². The van der Waals surface area contributed by atoms with Crippen molar-refractivity contribution in [1.29, 1.82) is 0 Å². The predicted molar refractivity (Wildman–Crippen MR) is 119 cm³/mol. The molecule has 6 heteroatoms. The molecule has 1 heterocycles. The highest BCUT2D eigenvalue weighted by molar-refractivity contribution is 7.14. The summed E-state index contributed by atoms with van der Waals surface area (Å²) >= 11 is 1.40. The molecule has 0 saturated carbocycles. The lowest BCUT2D eigenvalue weighted by Gasteiger charge is -2.11. The number of aromatic nitrogens is 1. The first-order valence-corrected chi connectivity index (χ1v) is 10.4. The third kappa shape index (κ3) is 5.68. The zero-order valence-corrected chi connectivity index (χ0v) is 17.6. The average molecular weight is 409 g/mol. The van der Waals surface area contributed by atoms with E-state index in [1.165, 1.54) is 23.0 Å². The largest absolute Gasteiger partial charge is 0.490 e. The van der Waals surface area contributed by atoms with Crippen LogP contribution in [0.25, 0.3) is 17.3 Å². The molecule has 3 rings (SSSR count). The van der Waals surface area contributed by atoms with Crippen LogP contribution >= 0.6 is 11.3 Å². The topological polar surface area (TPSA) is 60.5 Å². The first-order chi connectivity index (χ1) is 14.1. The van der Waals surface area contributed by atoms with Gasteiger partial charge >= 0.3 is 0 Å². The van der Waals surface area contributed by atoms with Crippen LogP contribution in [-0.2, 0) is 4.79 Å². The van der Waals surface area contributed by atoms with Gasteiger partial charge in [0.05, 0.1) is 18.9 Å². The van der Waals surface area contributed by atoms with Crippen LogP contribution in [0.5, 0.6) is 11.5 Å². The van der Waals surface area contributed by atoms with Crippen molar-refractivity contribution in [2.45, 2.75) is 20.8 Å². The number of thiazole rings is 1. The molecule has 1 amide bonds. The molecule has 0 fully saturated rings. The van der Waals surface area contributed by atoms with Gasteiger partial charge in [0.1, 0.15) is 0 Å². The predicted octanol–water partition coefficient (Wildman–Crippen LogP) is 5.57. The fourth-order valence-corrected chi connectivity index (χ4v) is 3.40. The summed E-state index contributed by atoms with van der Waals surface area (Å²) in [6, 6.07) is 13.7. The number of anilines is 1. The number of benzene rings is 2. The van der Waals surface area contributed by atoms with Crippen LogP contribution in [0.1, 0.15) is 25.0 Å². The van der Waals surface area contributed by atoms with E-state index in [9.17, 15) is 4.79 Å². The molecule has 0 unspecified atom stereocenters. The summed E-state index contributed by atoms with van der Waals surface area (Å²) in [5.74, 6) is 1.13. The molecule has 0 atom stereocenters. The Morgan fingerprint density at radius 2 is 1.79 bits per heavy atom. The van der Waals surface area contributed by atoms with Gasteiger partial charge in [0.25, 0.3) is 0 Å². The SMILES string of the molecule is CCOc1ccc(C=CC(=O)Nc2nc(-c3ccc(C)cc3)cs2)cc1OCC. The van der Waals surface area contributed by atoms with Gasteiger partial charge in [0.2, 0.25) is 5.91 Å². The molecule has 0 aliphatic heterocycles. The highest BCUT2D eigenvalue weighted by atomic mass is 32.1. The van der Waals surface area contributed by atoms with Crippen molar-refractivity contribution >= 4 is 28.5 Å². The molecular formula is C23H24N2O3S. The summed E-state index contributed by atoms with van der Waals surface area (Å²) in [6.07, 6.45) is 3.22. The van der Waals surface area contributed by atoms with E-state index in [4.69, 9.17) is 9.47 Å². The molecule has 2 aromatic carbocycles. The van der Waals surface area contributed by atoms with Gasteiger partial charge in [-0.25, -0.2) is 4.98 Å². The van der Waals surface area contributed by atoms with Crippen LogP contribution in [0.3, 0.4) is 0 Å². The Morgan fingerprint density at radius 1 is 1.07 bits per heavy atom. The van der Waals surface area contributed by atoms with Gasteiger partial charge in [-0.05, 0) is 44.5 Å². The van der Waals surface area contributed by atoms with Crippen molar-refractivity contribution in [3.63, 3.8) is 0 Å². The Hall–Kier alpha value is -3.12. The Labute approximate surface area is 175 Å². The summed E-state index contributed by atoms with van der Waals surface area (Å²) in [7, 11) is 0. The molecular weight excluding hydrogens is 384 g/mol. The fraction of sp³-hybridized carbons (Fsp3) is 0.217. The first-order valence-electron chi connectivity index (χ1n) is 9.50. The second kappa shape index (κ2) is 9.89. The number of hydrogen-bond donors (Lipinski definition) is 1. The number of nitrogens with zero attached hydrogens (tertiary/aromatic N) is 1. The van der Waals surface area contributed by atoms with Gasteiger partial charge in [0, 0.05) is 17.0 Å². The van der Waals surface area contributed by atoms with Crippen LogP contribution in [0.4, 0.5) is 5.13 Å². The third-order valence-corrected chi connectivity index (χ3v) is 4.83. The van der Waals surface area contributed by atoms with Crippen molar-refractivity contribution in [2.75, 3.05) is 18.5 Å². The Morgan fingerprint density at radius 3 is 2.52 bits per heavy atom. The quantitative estimate of drug-likeness (QED) is 0.495. The van der Waals surface area contributed by atoms with Gasteiger partial charge < -0.3 is 9.47 Å². The number of rotatable bonds is 8. The van der Waals surface area contributed by atoms with Gasteiger partial charge in [0.15, 0.2) is 16.6 Å². The highest BCUT2D eigenvalue weighted by Crippen LogP contribution is 2.29. The van der Waals surface area contributed by atoms with Gasteiger partial charge in [-0.3, -0.25) is 10.1 Å². The smallest absolute Gasteiger partial charge is 0.250 e. The van der Waals surface area contributed by atoms with Gasteiger partial charge in [-0.15, -0.1) is 11.3 Å². The molecule has 150 valence electrons.